The number of allylic oxidation sites excluding steroid dienone is 4. The van der Waals surface area contributed by atoms with E-state index in [1.54, 1.807) is 0 Å². The Hall–Kier alpha value is -4.77. The van der Waals surface area contributed by atoms with E-state index in [0.717, 1.165) is 6.42 Å². The van der Waals surface area contributed by atoms with Crippen LogP contribution in [0.2, 0.25) is 5.54 Å². The predicted octanol–water partition coefficient (Wildman–Crippen LogP) is 5.42. The molecule has 212 valence electrons. The summed E-state index contributed by atoms with van der Waals surface area (Å²) in [6.07, 6.45) is 10.3. The molecule has 1 aliphatic rings. The molecule has 0 fully saturated rings. The Morgan fingerprint density at radius 1 is 0.341 bits per heavy atom. The molecule has 1 atom stereocenters. The highest BCUT2D eigenvalue weighted by Gasteiger charge is 2.46. The van der Waals surface area contributed by atoms with E-state index in [1.807, 2.05) is 0 Å². The Morgan fingerprint density at radius 3 is 1.02 bits per heavy atom. The van der Waals surface area contributed by atoms with Crippen LogP contribution in [-0.2, 0) is 0 Å². The summed E-state index contributed by atoms with van der Waals surface area (Å²) < 4.78 is 0. The number of rotatable bonds is 8. The lowest BCUT2D eigenvalue weighted by molar-refractivity contribution is 0.997. The fraction of sp³-hybridized carbons (Fsp3) is 0.0476. The lowest BCUT2D eigenvalue weighted by Gasteiger charge is -2.40. The van der Waals surface area contributed by atoms with Gasteiger partial charge in [0.1, 0.15) is 0 Å². The molecule has 0 aliphatic heterocycles. The molecule has 2 heteroatoms. The molecule has 0 N–H and O–H groups in total. The second-order valence-corrected chi connectivity index (χ2v) is 19.5. The van der Waals surface area contributed by atoms with E-state index in [1.165, 1.54) is 36.3 Å². The van der Waals surface area contributed by atoms with Crippen molar-refractivity contribution in [1.29, 1.82) is 0 Å². The fourth-order valence-corrected chi connectivity index (χ4v) is 17.5. The minimum absolute atomic E-state index is 0.419. The van der Waals surface area contributed by atoms with Gasteiger partial charge in [0.25, 0.3) is 0 Å². The van der Waals surface area contributed by atoms with Gasteiger partial charge >= 0.3 is 0 Å². The van der Waals surface area contributed by atoms with E-state index in [2.05, 4.69) is 200 Å². The highest BCUT2D eigenvalue weighted by Crippen LogP contribution is 2.30. The van der Waals surface area contributed by atoms with Gasteiger partial charge in [-0.25, -0.2) is 0 Å². The highest BCUT2D eigenvalue weighted by molar-refractivity contribution is 7.20. The highest BCUT2D eigenvalue weighted by atomic mass is 28.3. The molecule has 0 heterocycles. The maximum absolute atomic E-state index is 2.59. The Balaban J connectivity index is 1.50. The normalized spacial score (nSPS) is 14.8. The molecule has 1 unspecified atom stereocenters. The Kier molecular flexibility index (Phi) is 7.94. The summed E-state index contributed by atoms with van der Waals surface area (Å²) in [4.78, 5) is 0. The van der Waals surface area contributed by atoms with Gasteiger partial charge in [0.15, 0.2) is 16.1 Å². The zero-order valence-corrected chi connectivity index (χ0v) is 26.8. The van der Waals surface area contributed by atoms with Crippen LogP contribution in [-0.4, -0.2) is 16.1 Å². The third kappa shape index (κ3) is 4.77. The van der Waals surface area contributed by atoms with Crippen molar-refractivity contribution in [2.45, 2.75) is 12.0 Å². The van der Waals surface area contributed by atoms with Crippen molar-refractivity contribution >= 4 is 52.5 Å². The van der Waals surface area contributed by atoms with E-state index in [9.17, 15) is 0 Å². The molecular weight excluding hydrogens is 561 g/mol. The monoisotopic (exact) mass is 596 g/mol. The van der Waals surface area contributed by atoms with E-state index in [4.69, 9.17) is 0 Å². The van der Waals surface area contributed by atoms with E-state index < -0.39 is 16.1 Å². The van der Waals surface area contributed by atoms with E-state index in [0.29, 0.717) is 5.54 Å². The lowest BCUT2D eigenvalue weighted by atomic mass is 10.2. The van der Waals surface area contributed by atoms with Gasteiger partial charge in [-0.2, -0.15) is 0 Å². The molecule has 0 nitrogen and oxygen atoms in total. The Bertz CT molecular complexity index is 1710. The third-order valence-electron chi connectivity index (χ3n) is 9.39. The summed E-state index contributed by atoms with van der Waals surface area (Å²) in [5.41, 5.74) is 0.419. The maximum Gasteiger partial charge on any atom is 0.179 e. The first-order valence-electron chi connectivity index (χ1n) is 15.6. The van der Waals surface area contributed by atoms with Gasteiger partial charge in [-0.3, -0.25) is 0 Å². The zero-order chi connectivity index (χ0) is 29.7. The maximum atomic E-state index is 2.49. The molecule has 0 amide bonds. The van der Waals surface area contributed by atoms with Crippen LogP contribution in [0.3, 0.4) is 0 Å². The van der Waals surface area contributed by atoms with Crippen LogP contribution in [0.4, 0.5) is 0 Å². The summed E-state index contributed by atoms with van der Waals surface area (Å²) in [5, 5.41) is 10.00. The van der Waals surface area contributed by atoms with Crippen LogP contribution in [0.1, 0.15) is 6.42 Å². The molecule has 44 heavy (non-hydrogen) atoms. The molecule has 0 saturated carbocycles. The average molecular weight is 597 g/mol. The molecule has 1 aliphatic carbocycles. The molecule has 7 rings (SSSR count). The van der Waals surface area contributed by atoms with Crippen LogP contribution in [0.15, 0.2) is 200 Å². The zero-order valence-electron chi connectivity index (χ0n) is 24.8. The van der Waals surface area contributed by atoms with Crippen molar-refractivity contribution in [2.24, 2.45) is 0 Å². The van der Waals surface area contributed by atoms with Crippen LogP contribution in [0, 0.1) is 0 Å². The molecule has 6 aromatic rings. The summed E-state index contributed by atoms with van der Waals surface area (Å²) in [5.74, 6) is 0. The number of hydrogen-bond donors (Lipinski definition) is 0. The largest absolute Gasteiger partial charge is 0.179 e. The molecule has 0 saturated heterocycles. The number of benzene rings is 6. The van der Waals surface area contributed by atoms with Crippen molar-refractivity contribution < 1.29 is 0 Å². The van der Waals surface area contributed by atoms with Gasteiger partial charge < -0.3 is 0 Å². The number of hydrogen-bond acceptors (Lipinski definition) is 0. The average Bonchev–Trinajstić information content (AvgIpc) is 3.12. The van der Waals surface area contributed by atoms with Gasteiger partial charge in [0.2, 0.25) is 0 Å². The SMILES string of the molecule is C1=CCC([Si](c2ccccc2)(c2ccccc2)c2ccc([Si](c3ccccc3)(c3ccccc3)c3ccccc3)cc2)C=C1. The van der Waals surface area contributed by atoms with Gasteiger partial charge in [-0.15, -0.1) is 0 Å². The van der Waals surface area contributed by atoms with Crippen molar-refractivity contribution in [1.82, 2.24) is 0 Å². The van der Waals surface area contributed by atoms with Gasteiger partial charge in [0.05, 0.1) is 0 Å². The quantitative estimate of drug-likeness (QED) is 0.163. The van der Waals surface area contributed by atoms with E-state index in [-0.39, 0.29) is 0 Å². The fourth-order valence-electron chi connectivity index (χ4n) is 7.49. The molecule has 0 aromatic heterocycles. The first kappa shape index (κ1) is 28.0. The second-order valence-electron chi connectivity index (χ2n) is 11.6. The molecule has 0 bridgehead atoms. The van der Waals surface area contributed by atoms with Crippen molar-refractivity contribution in [2.75, 3.05) is 0 Å². The van der Waals surface area contributed by atoms with Crippen LogP contribution in [0.5, 0.6) is 0 Å². The summed E-state index contributed by atoms with van der Waals surface area (Å²) in [7, 11) is -5.06. The van der Waals surface area contributed by atoms with Crippen LogP contribution in [0.25, 0.3) is 0 Å². The molecule has 0 radical (unpaired) electrons. The Morgan fingerprint density at radius 2 is 0.659 bits per heavy atom. The standard InChI is InChI=1S/C42H36Si2/c1-7-19-35(20-8-1)43(36-21-9-2-10-22-36,37-23-11-3-12-24-37)41-31-33-42(34-32-41)44(38-25-13-4-14-26-38,39-27-15-5-16-28-39)40-29-17-6-18-30-40/h1-29,31-34,40H,30H2. The third-order valence-corrected chi connectivity index (χ3v) is 19.5. The minimum atomic E-state index is -2.59. The van der Waals surface area contributed by atoms with Crippen molar-refractivity contribution in [3.63, 3.8) is 0 Å². The van der Waals surface area contributed by atoms with Crippen molar-refractivity contribution in [3.05, 3.63) is 200 Å². The van der Waals surface area contributed by atoms with Crippen molar-refractivity contribution in [3.8, 4) is 0 Å². The van der Waals surface area contributed by atoms with Gasteiger partial charge in [-0.05, 0) is 48.3 Å². The first-order chi connectivity index (χ1) is 21.8. The van der Waals surface area contributed by atoms with Crippen LogP contribution < -0.4 is 36.3 Å². The predicted molar refractivity (Wildman–Crippen MR) is 194 cm³/mol. The summed E-state index contributed by atoms with van der Waals surface area (Å²) in [6, 6.07) is 66.2. The van der Waals surface area contributed by atoms with E-state index >= 15 is 0 Å². The lowest BCUT2D eigenvalue weighted by Crippen LogP contribution is -2.75. The van der Waals surface area contributed by atoms with Gasteiger partial charge in [0, 0.05) is 0 Å². The topological polar surface area (TPSA) is 0 Å². The smallest absolute Gasteiger partial charge is 0.0842 e. The molecule has 0 spiro atoms. The Labute approximate surface area is 263 Å². The molecule has 6 aromatic carbocycles. The van der Waals surface area contributed by atoms with Gasteiger partial charge in [-0.1, -0.05) is 200 Å². The van der Waals surface area contributed by atoms with Crippen LogP contribution >= 0.6 is 0 Å². The molecular formula is C42H36Si2. The minimum Gasteiger partial charge on any atom is -0.0842 e. The first-order valence-corrected chi connectivity index (χ1v) is 19.6. The second kappa shape index (κ2) is 12.5. The summed E-state index contributed by atoms with van der Waals surface area (Å²) in [6.45, 7) is 0. The summed E-state index contributed by atoms with van der Waals surface area (Å²) >= 11 is 0.